The number of anilines is 1. The summed E-state index contributed by atoms with van der Waals surface area (Å²) in [6, 6.07) is 8.83. The SMILES string of the molecule is O=C(Nc1nc(O)cs1)c1ccccc1. The van der Waals surface area contributed by atoms with Crippen molar-refractivity contribution in [3.63, 3.8) is 0 Å². The molecule has 1 heterocycles. The predicted molar refractivity (Wildman–Crippen MR) is 58.2 cm³/mol. The number of rotatable bonds is 2. The van der Waals surface area contributed by atoms with Gasteiger partial charge in [-0.25, -0.2) is 0 Å². The highest BCUT2D eigenvalue weighted by atomic mass is 32.1. The first kappa shape index (κ1) is 9.67. The van der Waals surface area contributed by atoms with Crippen LogP contribution in [0.15, 0.2) is 35.7 Å². The Kier molecular flexibility index (Phi) is 2.64. The third kappa shape index (κ3) is 2.32. The fourth-order valence-electron chi connectivity index (χ4n) is 1.08. The Balaban J connectivity index is 2.11. The summed E-state index contributed by atoms with van der Waals surface area (Å²) >= 11 is 1.18. The van der Waals surface area contributed by atoms with Crippen LogP contribution in [0.25, 0.3) is 0 Å². The molecule has 0 saturated heterocycles. The Hall–Kier alpha value is -1.88. The number of aromatic hydroxyl groups is 1. The molecule has 76 valence electrons. The Bertz CT molecular complexity index is 467. The number of carbonyl (C=O) groups is 1. The summed E-state index contributed by atoms with van der Waals surface area (Å²) in [5.41, 5.74) is 0.562. The fraction of sp³-hybridized carbons (Fsp3) is 0. The van der Waals surface area contributed by atoms with Gasteiger partial charge in [-0.2, -0.15) is 4.98 Å². The quantitative estimate of drug-likeness (QED) is 0.814. The third-order valence-electron chi connectivity index (χ3n) is 1.75. The largest absolute Gasteiger partial charge is 0.493 e. The molecule has 0 unspecified atom stereocenters. The molecule has 0 saturated carbocycles. The van der Waals surface area contributed by atoms with Crippen molar-refractivity contribution >= 4 is 22.4 Å². The minimum Gasteiger partial charge on any atom is -0.493 e. The molecule has 0 radical (unpaired) electrons. The second-order valence-corrected chi connectivity index (χ2v) is 3.69. The molecule has 2 N–H and O–H groups in total. The normalized spacial score (nSPS) is 9.87. The molecule has 1 amide bonds. The molecule has 0 aliphatic heterocycles. The minimum atomic E-state index is -0.232. The maximum atomic E-state index is 11.6. The van der Waals surface area contributed by atoms with Crippen molar-refractivity contribution in [3.05, 3.63) is 41.3 Å². The van der Waals surface area contributed by atoms with Gasteiger partial charge >= 0.3 is 0 Å². The average molecular weight is 220 g/mol. The lowest BCUT2D eigenvalue weighted by atomic mass is 10.2. The Morgan fingerprint density at radius 1 is 1.33 bits per heavy atom. The van der Waals surface area contributed by atoms with E-state index in [0.717, 1.165) is 0 Å². The van der Waals surface area contributed by atoms with Gasteiger partial charge < -0.3 is 5.11 Å². The number of carbonyl (C=O) groups excluding carboxylic acids is 1. The third-order valence-corrected chi connectivity index (χ3v) is 2.49. The van der Waals surface area contributed by atoms with Crippen LogP contribution in [0.5, 0.6) is 5.88 Å². The van der Waals surface area contributed by atoms with Gasteiger partial charge in [0.1, 0.15) is 0 Å². The van der Waals surface area contributed by atoms with Gasteiger partial charge in [0.2, 0.25) is 5.88 Å². The van der Waals surface area contributed by atoms with Gasteiger partial charge in [0.05, 0.1) is 5.38 Å². The number of nitrogens with zero attached hydrogens (tertiary/aromatic N) is 1. The smallest absolute Gasteiger partial charge is 0.257 e. The van der Waals surface area contributed by atoms with Crippen molar-refractivity contribution in [1.29, 1.82) is 0 Å². The van der Waals surface area contributed by atoms with Gasteiger partial charge in [-0.15, -0.1) is 11.3 Å². The predicted octanol–water partition coefficient (Wildman–Crippen LogP) is 2.10. The number of aromatic nitrogens is 1. The van der Waals surface area contributed by atoms with Gasteiger partial charge in [0.25, 0.3) is 5.91 Å². The van der Waals surface area contributed by atoms with Crippen LogP contribution in [0, 0.1) is 0 Å². The highest BCUT2D eigenvalue weighted by Gasteiger charge is 2.07. The first-order valence-electron chi connectivity index (χ1n) is 4.26. The Morgan fingerprint density at radius 2 is 2.07 bits per heavy atom. The zero-order valence-electron chi connectivity index (χ0n) is 7.68. The van der Waals surface area contributed by atoms with Crippen LogP contribution in [-0.2, 0) is 0 Å². The molecule has 2 aromatic rings. The van der Waals surface area contributed by atoms with Crippen LogP contribution in [0.1, 0.15) is 10.4 Å². The van der Waals surface area contributed by atoms with Gasteiger partial charge in [0.15, 0.2) is 5.13 Å². The van der Waals surface area contributed by atoms with Crippen molar-refractivity contribution in [2.24, 2.45) is 0 Å². The standard InChI is InChI=1S/C10H8N2O2S/c13-8-6-15-10(11-8)12-9(14)7-4-2-1-3-5-7/h1-6,13H,(H,11,12,14). The molecular weight excluding hydrogens is 212 g/mol. The summed E-state index contributed by atoms with van der Waals surface area (Å²) in [6.45, 7) is 0. The molecule has 0 fully saturated rings. The van der Waals surface area contributed by atoms with E-state index in [1.807, 2.05) is 6.07 Å². The van der Waals surface area contributed by atoms with Crippen molar-refractivity contribution in [1.82, 2.24) is 4.98 Å². The number of amides is 1. The lowest BCUT2D eigenvalue weighted by Crippen LogP contribution is -2.11. The van der Waals surface area contributed by atoms with Crippen LogP contribution in [-0.4, -0.2) is 16.0 Å². The van der Waals surface area contributed by atoms with E-state index in [-0.39, 0.29) is 11.8 Å². The van der Waals surface area contributed by atoms with E-state index >= 15 is 0 Å². The van der Waals surface area contributed by atoms with Crippen molar-refractivity contribution < 1.29 is 9.90 Å². The molecular formula is C10H8N2O2S. The Labute approximate surface area is 90.2 Å². The van der Waals surface area contributed by atoms with E-state index in [4.69, 9.17) is 5.11 Å². The molecule has 4 nitrogen and oxygen atoms in total. The number of benzene rings is 1. The van der Waals surface area contributed by atoms with E-state index in [9.17, 15) is 4.79 Å². The number of nitrogens with one attached hydrogen (secondary N) is 1. The highest BCUT2D eigenvalue weighted by Crippen LogP contribution is 2.19. The molecule has 0 aliphatic rings. The summed E-state index contributed by atoms with van der Waals surface area (Å²) in [6.07, 6.45) is 0. The maximum absolute atomic E-state index is 11.6. The first-order valence-corrected chi connectivity index (χ1v) is 5.14. The number of thiazole rings is 1. The summed E-state index contributed by atoms with van der Waals surface area (Å²) in [7, 11) is 0. The van der Waals surface area contributed by atoms with Crippen molar-refractivity contribution in [2.75, 3.05) is 5.32 Å². The van der Waals surface area contributed by atoms with Gasteiger partial charge in [0, 0.05) is 5.56 Å². The number of hydrogen-bond acceptors (Lipinski definition) is 4. The Morgan fingerprint density at radius 3 is 2.67 bits per heavy atom. The maximum Gasteiger partial charge on any atom is 0.257 e. The zero-order chi connectivity index (χ0) is 10.7. The van der Waals surface area contributed by atoms with Gasteiger partial charge in [-0.3, -0.25) is 10.1 Å². The van der Waals surface area contributed by atoms with E-state index < -0.39 is 0 Å². The van der Waals surface area contributed by atoms with E-state index in [2.05, 4.69) is 10.3 Å². The molecule has 1 aromatic carbocycles. The molecule has 0 spiro atoms. The number of hydrogen-bond donors (Lipinski definition) is 2. The van der Waals surface area contributed by atoms with Crippen LogP contribution in [0.3, 0.4) is 0 Å². The average Bonchev–Trinajstić information content (AvgIpc) is 2.65. The molecule has 2 rings (SSSR count). The van der Waals surface area contributed by atoms with Crippen molar-refractivity contribution in [3.8, 4) is 5.88 Å². The van der Waals surface area contributed by atoms with Crippen LogP contribution in [0.4, 0.5) is 5.13 Å². The fourth-order valence-corrected chi connectivity index (χ4v) is 1.65. The summed E-state index contributed by atoms with van der Waals surface area (Å²) < 4.78 is 0. The van der Waals surface area contributed by atoms with Crippen LogP contribution >= 0.6 is 11.3 Å². The molecule has 0 atom stereocenters. The van der Waals surface area contributed by atoms with Gasteiger partial charge in [-0.05, 0) is 12.1 Å². The highest BCUT2D eigenvalue weighted by molar-refractivity contribution is 7.14. The van der Waals surface area contributed by atoms with Crippen LogP contribution in [0.2, 0.25) is 0 Å². The molecule has 1 aromatic heterocycles. The minimum absolute atomic E-state index is 0.0802. The monoisotopic (exact) mass is 220 g/mol. The first-order chi connectivity index (χ1) is 7.25. The topological polar surface area (TPSA) is 62.2 Å². The molecule has 0 aliphatic carbocycles. The second kappa shape index (κ2) is 4.10. The zero-order valence-corrected chi connectivity index (χ0v) is 8.49. The molecule has 5 heteroatoms. The lowest BCUT2D eigenvalue weighted by Gasteiger charge is -1.99. The van der Waals surface area contributed by atoms with E-state index in [0.29, 0.717) is 10.7 Å². The lowest BCUT2D eigenvalue weighted by molar-refractivity contribution is 0.102. The second-order valence-electron chi connectivity index (χ2n) is 2.83. The van der Waals surface area contributed by atoms with E-state index in [1.54, 1.807) is 24.3 Å². The van der Waals surface area contributed by atoms with Crippen LogP contribution < -0.4 is 5.32 Å². The summed E-state index contributed by atoms with van der Waals surface area (Å²) in [5.74, 6) is -0.312. The van der Waals surface area contributed by atoms with Gasteiger partial charge in [-0.1, -0.05) is 18.2 Å². The van der Waals surface area contributed by atoms with E-state index in [1.165, 1.54) is 16.7 Å². The molecule has 0 bridgehead atoms. The summed E-state index contributed by atoms with van der Waals surface area (Å²) in [4.78, 5) is 15.3. The molecule has 15 heavy (non-hydrogen) atoms. The summed E-state index contributed by atoms with van der Waals surface area (Å²) in [5, 5.41) is 13.4. The van der Waals surface area contributed by atoms with Crippen molar-refractivity contribution in [2.45, 2.75) is 0 Å².